The largest absolute Gasteiger partial charge is 0.339 e. The molecule has 0 radical (unpaired) electrons. The van der Waals surface area contributed by atoms with Crippen LogP contribution in [0.2, 0.25) is 5.02 Å². The fraction of sp³-hybridized carbons (Fsp3) is 0.438. The molecule has 8 heteroatoms. The van der Waals surface area contributed by atoms with E-state index in [4.69, 9.17) is 16.1 Å². The van der Waals surface area contributed by atoms with Crippen LogP contribution < -0.4 is 5.32 Å². The average molecular weight is 353 g/mol. The smallest absolute Gasteiger partial charge is 0.322 e. The zero-order chi connectivity index (χ0) is 17.1. The number of hydrogen-bond acceptors (Lipinski definition) is 4. The van der Waals surface area contributed by atoms with E-state index in [-0.39, 0.29) is 17.3 Å². The van der Waals surface area contributed by atoms with Crippen LogP contribution in [0.4, 0.5) is 14.9 Å². The lowest BCUT2D eigenvalue weighted by molar-refractivity contribution is 0.219. The van der Waals surface area contributed by atoms with Crippen LogP contribution in [0.3, 0.4) is 0 Å². The Hall–Kier alpha value is -2.15. The third-order valence-electron chi connectivity index (χ3n) is 4.08. The number of hydrogen-bond donors (Lipinski definition) is 1. The first-order chi connectivity index (χ1) is 11.5. The molecule has 0 spiro atoms. The summed E-state index contributed by atoms with van der Waals surface area (Å²) in [6.07, 6.45) is 4.49. The summed E-state index contributed by atoms with van der Waals surface area (Å²) >= 11 is 5.94. The molecule has 0 atom stereocenters. The summed E-state index contributed by atoms with van der Waals surface area (Å²) in [4.78, 5) is 17.9. The van der Waals surface area contributed by atoms with Gasteiger partial charge < -0.3 is 14.7 Å². The van der Waals surface area contributed by atoms with Gasteiger partial charge in [-0.3, -0.25) is 0 Å². The zero-order valence-corrected chi connectivity index (χ0v) is 14.0. The Morgan fingerprint density at radius 3 is 2.96 bits per heavy atom. The molecule has 3 rings (SSSR count). The van der Waals surface area contributed by atoms with E-state index in [1.807, 2.05) is 0 Å². The van der Waals surface area contributed by atoms with Crippen LogP contribution in [0.5, 0.6) is 0 Å². The summed E-state index contributed by atoms with van der Waals surface area (Å²) in [5.41, 5.74) is 0.216. The van der Waals surface area contributed by atoms with Gasteiger partial charge in [0.05, 0.1) is 17.3 Å². The highest BCUT2D eigenvalue weighted by molar-refractivity contribution is 6.33. The summed E-state index contributed by atoms with van der Waals surface area (Å²) in [5.74, 6) is 0.942. The van der Waals surface area contributed by atoms with Crippen LogP contribution in [0.15, 0.2) is 22.7 Å². The highest BCUT2D eigenvalue weighted by atomic mass is 35.5. The standard InChI is InChI=1S/C16H18ClFN4O2/c1-22(16(23)19-13-8-11(18)6-7-12(13)17)9-14-20-15(24-21-14)10-4-2-3-5-10/h6-8,10H,2-5,9H2,1H3,(H,19,23). The van der Waals surface area contributed by atoms with Crippen LogP contribution in [0.25, 0.3) is 0 Å². The molecular weight excluding hydrogens is 335 g/mol. The second kappa shape index (κ2) is 7.17. The molecule has 0 unspecified atom stereocenters. The van der Waals surface area contributed by atoms with Crippen molar-refractivity contribution in [2.24, 2.45) is 0 Å². The maximum atomic E-state index is 13.2. The minimum absolute atomic E-state index is 0.189. The number of anilines is 1. The minimum Gasteiger partial charge on any atom is -0.339 e. The second-order valence-corrected chi connectivity index (χ2v) is 6.35. The van der Waals surface area contributed by atoms with Crippen molar-refractivity contribution in [2.45, 2.75) is 38.1 Å². The predicted octanol–water partition coefficient (Wildman–Crippen LogP) is 4.18. The van der Waals surface area contributed by atoms with Gasteiger partial charge in [0, 0.05) is 13.0 Å². The zero-order valence-electron chi connectivity index (χ0n) is 13.3. The Bertz CT molecular complexity index is 731. The first-order valence-corrected chi connectivity index (χ1v) is 8.20. The number of nitrogens with one attached hydrogen (secondary N) is 1. The Kier molecular flexibility index (Phi) is 4.99. The maximum Gasteiger partial charge on any atom is 0.322 e. The van der Waals surface area contributed by atoms with Gasteiger partial charge in [-0.1, -0.05) is 29.6 Å². The van der Waals surface area contributed by atoms with Crippen LogP contribution in [0, 0.1) is 5.82 Å². The molecule has 128 valence electrons. The average Bonchev–Trinajstić information content (AvgIpc) is 3.21. The number of carbonyl (C=O) groups excluding carboxylic acids is 1. The summed E-state index contributed by atoms with van der Waals surface area (Å²) in [7, 11) is 1.59. The van der Waals surface area contributed by atoms with E-state index in [1.165, 1.54) is 35.9 Å². The molecule has 0 aliphatic heterocycles. The molecule has 1 aromatic carbocycles. The van der Waals surface area contributed by atoms with Gasteiger partial charge in [0.1, 0.15) is 5.82 Å². The third-order valence-corrected chi connectivity index (χ3v) is 4.41. The van der Waals surface area contributed by atoms with Gasteiger partial charge in [0.25, 0.3) is 0 Å². The normalized spacial score (nSPS) is 14.8. The number of urea groups is 1. The van der Waals surface area contributed by atoms with Crippen molar-refractivity contribution in [1.82, 2.24) is 15.0 Å². The molecule has 1 aliphatic rings. The van der Waals surface area contributed by atoms with Gasteiger partial charge >= 0.3 is 6.03 Å². The fourth-order valence-corrected chi connectivity index (χ4v) is 2.92. The third kappa shape index (κ3) is 3.84. The van der Waals surface area contributed by atoms with E-state index in [2.05, 4.69) is 15.5 Å². The molecule has 0 saturated heterocycles. The van der Waals surface area contributed by atoms with E-state index in [9.17, 15) is 9.18 Å². The van der Waals surface area contributed by atoms with Crippen molar-refractivity contribution in [1.29, 1.82) is 0 Å². The van der Waals surface area contributed by atoms with Crippen molar-refractivity contribution >= 4 is 23.3 Å². The number of carbonyl (C=O) groups is 1. The van der Waals surface area contributed by atoms with Gasteiger partial charge in [0.2, 0.25) is 5.89 Å². The highest BCUT2D eigenvalue weighted by Gasteiger charge is 2.23. The monoisotopic (exact) mass is 352 g/mol. The van der Waals surface area contributed by atoms with Gasteiger partial charge in [-0.15, -0.1) is 0 Å². The molecule has 1 aliphatic carbocycles. The van der Waals surface area contributed by atoms with Gasteiger partial charge in [0.15, 0.2) is 5.82 Å². The lowest BCUT2D eigenvalue weighted by Gasteiger charge is -2.16. The Morgan fingerprint density at radius 2 is 2.21 bits per heavy atom. The van der Waals surface area contributed by atoms with Gasteiger partial charge in [-0.25, -0.2) is 9.18 Å². The van der Waals surface area contributed by atoms with Crippen LogP contribution in [-0.2, 0) is 6.54 Å². The second-order valence-electron chi connectivity index (χ2n) is 5.94. The predicted molar refractivity (Wildman–Crippen MR) is 87.4 cm³/mol. The molecule has 1 N–H and O–H groups in total. The quantitative estimate of drug-likeness (QED) is 0.895. The van der Waals surface area contributed by atoms with Crippen LogP contribution in [0.1, 0.15) is 43.3 Å². The molecule has 1 heterocycles. The first-order valence-electron chi connectivity index (χ1n) is 7.82. The minimum atomic E-state index is -0.475. The van der Waals surface area contributed by atoms with Crippen molar-refractivity contribution in [2.75, 3.05) is 12.4 Å². The fourth-order valence-electron chi connectivity index (χ4n) is 2.76. The molecular formula is C16H18ClFN4O2. The van der Waals surface area contributed by atoms with E-state index >= 15 is 0 Å². The van der Waals surface area contributed by atoms with E-state index in [0.717, 1.165) is 12.8 Å². The lowest BCUT2D eigenvalue weighted by atomic mass is 10.1. The highest BCUT2D eigenvalue weighted by Crippen LogP contribution is 2.32. The van der Waals surface area contributed by atoms with E-state index in [1.54, 1.807) is 7.05 Å². The number of nitrogens with zero attached hydrogens (tertiary/aromatic N) is 3. The molecule has 0 bridgehead atoms. The van der Waals surface area contributed by atoms with Gasteiger partial charge in [-0.2, -0.15) is 4.98 Å². The molecule has 6 nitrogen and oxygen atoms in total. The van der Waals surface area contributed by atoms with E-state index in [0.29, 0.717) is 17.6 Å². The van der Waals surface area contributed by atoms with Crippen LogP contribution in [-0.4, -0.2) is 28.1 Å². The Morgan fingerprint density at radius 1 is 1.46 bits per heavy atom. The van der Waals surface area contributed by atoms with E-state index < -0.39 is 11.8 Å². The maximum absolute atomic E-state index is 13.2. The number of halogens is 2. The molecule has 1 aromatic heterocycles. The number of aromatic nitrogens is 2. The van der Waals surface area contributed by atoms with Gasteiger partial charge in [-0.05, 0) is 31.0 Å². The van der Waals surface area contributed by atoms with Crippen molar-refractivity contribution in [3.63, 3.8) is 0 Å². The Balaban J connectivity index is 1.60. The summed E-state index contributed by atoms with van der Waals surface area (Å²) in [6.45, 7) is 0.189. The number of benzene rings is 1. The van der Waals surface area contributed by atoms with Crippen LogP contribution >= 0.6 is 11.6 Å². The first kappa shape index (κ1) is 16.7. The number of rotatable bonds is 4. The molecule has 1 fully saturated rings. The molecule has 24 heavy (non-hydrogen) atoms. The molecule has 2 aromatic rings. The number of amides is 2. The van der Waals surface area contributed by atoms with Crippen molar-refractivity contribution in [3.05, 3.63) is 40.8 Å². The van der Waals surface area contributed by atoms with Crippen molar-refractivity contribution < 1.29 is 13.7 Å². The summed E-state index contributed by atoms with van der Waals surface area (Å²) < 4.78 is 18.5. The SMILES string of the molecule is CN(Cc1noc(C2CCCC2)n1)C(=O)Nc1cc(F)ccc1Cl. The molecule has 2 amide bonds. The summed E-state index contributed by atoms with van der Waals surface area (Å²) in [6, 6.07) is 3.35. The Labute approximate surface area is 144 Å². The summed E-state index contributed by atoms with van der Waals surface area (Å²) in [5, 5.41) is 6.75. The molecule has 1 saturated carbocycles. The topological polar surface area (TPSA) is 71.3 Å². The van der Waals surface area contributed by atoms with Crippen molar-refractivity contribution in [3.8, 4) is 0 Å². The lowest BCUT2D eigenvalue weighted by Crippen LogP contribution is -2.31.